The maximum atomic E-state index is 12.8. The van der Waals surface area contributed by atoms with Crippen LogP contribution in [-0.2, 0) is 14.3 Å². The first kappa shape index (κ1) is 30.0. The Balaban J connectivity index is 2.34. The van der Waals surface area contributed by atoms with Crippen LogP contribution in [-0.4, -0.2) is 56.8 Å². The summed E-state index contributed by atoms with van der Waals surface area (Å²) in [5.74, 6) is -3.24. The van der Waals surface area contributed by atoms with Crippen molar-refractivity contribution in [3.63, 3.8) is 0 Å². The van der Waals surface area contributed by atoms with E-state index in [1.54, 1.807) is 25.2 Å². The zero-order valence-corrected chi connectivity index (χ0v) is 21.9. The van der Waals surface area contributed by atoms with Gasteiger partial charge in [0.1, 0.15) is 6.10 Å². The molecule has 2 aliphatic rings. The third kappa shape index (κ3) is 8.16. The fourth-order valence-electron chi connectivity index (χ4n) is 5.90. The van der Waals surface area contributed by atoms with E-state index in [0.29, 0.717) is 25.7 Å². The molecule has 1 heterocycles. The van der Waals surface area contributed by atoms with Crippen LogP contribution in [0.2, 0.25) is 0 Å². The van der Waals surface area contributed by atoms with E-state index < -0.39 is 48.2 Å². The molecule has 0 aromatic rings. The van der Waals surface area contributed by atoms with Gasteiger partial charge in [0, 0.05) is 18.3 Å². The first-order valence-electron chi connectivity index (χ1n) is 13.2. The number of cyclic esters (lactones) is 1. The predicted octanol–water partition coefficient (Wildman–Crippen LogP) is 3.61. The van der Waals surface area contributed by atoms with Crippen LogP contribution < -0.4 is 0 Å². The highest BCUT2D eigenvalue weighted by atomic mass is 16.5. The largest absolute Gasteiger partial charge is 0.481 e. The van der Waals surface area contributed by atoms with Crippen LogP contribution in [0, 0.1) is 46.8 Å². The van der Waals surface area contributed by atoms with E-state index >= 15 is 0 Å². The SMILES string of the molecule is C[C@@H]1C[C@H](C)[C@H](O)[C@H](C)[C@@H](O)CC(=O)O[C@H]([C@@H]2CCC[C@H]2C(=O)O)CC=CC=C(C#N)[C@H](O)[C@@H](C)C1. The van der Waals surface area contributed by atoms with Crippen LogP contribution >= 0.6 is 0 Å². The monoisotopic (exact) mass is 505 g/mol. The minimum absolute atomic E-state index is 0.152. The summed E-state index contributed by atoms with van der Waals surface area (Å²) in [6.07, 6.45) is 4.49. The van der Waals surface area contributed by atoms with E-state index in [-0.39, 0.29) is 42.1 Å². The number of carbonyl (C=O) groups is 2. The molecular formula is C28H43NO7. The van der Waals surface area contributed by atoms with E-state index in [1.165, 1.54) is 0 Å². The number of allylic oxidation sites excluding steroid dienone is 2. The Morgan fingerprint density at radius 2 is 1.75 bits per heavy atom. The predicted molar refractivity (Wildman–Crippen MR) is 134 cm³/mol. The molecule has 0 saturated heterocycles. The summed E-state index contributed by atoms with van der Waals surface area (Å²) in [5, 5.41) is 51.5. The first-order valence-corrected chi connectivity index (χ1v) is 13.2. The van der Waals surface area contributed by atoms with Gasteiger partial charge in [0.15, 0.2) is 0 Å². The van der Waals surface area contributed by atoms with Gasteiger partial charge in [0.2, 0.25) is 0 Å². The van der Waals surface area contributed by atoms with Crippen molar-refractivity contribution in [2.75, 3.05) is 0 Å². The van der Waals surface area contributed by atoms with Gasteiger partial charge in [0.25, 0.3) is 0 Å². The molecular weight excluding hydrogens is 462 g/mol. The van der Waals surface area contributed by atoms with Crippen molar-refractivity contribution >= 4 is 11.9 Å². The normalized spacial score (nSPS) is 39.8. The molecule has 10 atom stereocenters. The Morgan fingerprint density at radius 1 is 1.08 bits per heavy atom. The van der Waals surface area contributed by atoms with E-state index in [2.05, 4.69) is 6.07 Å². The molecule has 2 rings (SSSR count). The fraction of sp³-hybridized carbons (Fsp3) is 0.750. The Hall–Kier alpha value is -2.21. The average molecular weight is 506 g/mol. The van der Waals surface area contributed by atoms with Crippen LogP contribution in [0.4, 0.5) is 0 Å². The molecule has 0 spiro atoms. The van der Waals surface area contributed by atoms with Gasteiger partial charge in [-0.1, -0.05) is 46.3 Å². The lowest BCUT2D eigenvalue weighted by molar-refractivity contribution is -0.159. The second kappa shape index (κ2) is 13.9. The number of aliphatic hydroxyl groups is 3. The van der Waals surface area contributed by atoms with Gasteiger partial charge >= 0.3 is 11.9 Å². The molecule has 4 N–H and O–H groups in total. The molecule has 0 amide bonds. The molecule has 1 aliphatic carbocycles. The minimum Gasteiger partial charge on any atom is -0.481 e. The zero-order chi connectivity index (χ0) is 27.0. The summed E-state index contributed by atoms with van der Waals surface area (Å²) in [6, 6.07) is 2.07. The third-order valence-corrected chi connectivity index (χ3v) is 8.07. The quantitative estimate of drug-likeness (QED) is 0.416. The van der Waals surface area contributed by atoms with E-state index in [4.69, 9.17) is 4.74 Å². The molecule has 1 fully saturated rings. The molecule has 36 heavy (non-hydrogen) atoms. The van der Waals surface area contributed by atoms with Crippen molar-refractivity contribution in [3.8, 4) is 6.07 Å². The Morgan fingerprint density at radius 3 is 2.39 bits per heavy atom. The summed E-state index contributed by atoms with van der Waals surface area (Å²) in [5.41, 5.74) is 0.231. The Bertz CT molecular complexity index is 847. The number of hydrogen-bond acceptors (Lipinski definition) is 7. The van der Waals surface area contributed by atoms with Gasteiger partial charge in [-0.15, -0.1) is 0 Å². The number of carbonyl (C=O) groups excluding carboxylic acids is 1. The average Bonchev–Trinajstić information content (AvgIpc) is 3.31. The van der Waals surface area contributed by atoms with Crippen molar-refractivity contribution in [3.05, 3.63) is 23.8 Å². The number of nitriles is 1. The van der Waals surface area contributed by atoms with Crippen LogP contribution in [0.3, 0.4) is 0 Å². The molecule has 1 saturated carbocycles. The smallest absolute Gasteiger partial charge is 0.308 e. The minimum atomic E-state index is -1.10. The van der Waals surface area contributed by atoms with Crippen molar-refractivity contribution in [1.82, 2.24) is 0 Å². The topological polar surface area (TPSA) is 148 Å². The number of hydrogen-bond donors (Lipinski definition) is 4. The Kier molecular flexibility index (Phi) is 11.6. The van der Waals surface area contributed by atoms with E-state index in [9.17, 15) is 35.3 Å². The molecule has 1 aliphatic heterocycles. The number of carboxylic acid groups (broad SMARTS) is 1. The van der Waals surface area contributed by atoms with Crippen LogP contribution in [0.1, 0.15) is 72.6 Å². The van der Waals surface area contributed by atoms with Crippen LogP contribution in [0.5, 0.6) is 0 Å². The molecule has 0 bridgehead atoms. The second-order valence-electron chi connectivity index (χ2n) is 11.1. The molecule has 0 unspecified atom stereocenters. The lowest BCUT2D eigenvalue weighted by atomic mass is 9.80. The maximum absolute atomic E-state index is 12.8. The van der Waals surface area contributed by atoms with Crippen molar-refractivity contribution in [2.24, 2.45) is 35.5 Å². The molecule has 0 aromatic carbocycles. The maximum Gasteiger partial charge on any atom is 0.308 e. The first-order chi connectivity index (χ1) is 17.0. The lowest BCUT2D eigenvalue weighted by Gasteiger charge is -2.31. The fourth-order valence-corrected chi connectivity index (χ4v) is 5.90. The van der Waals surface area contributed by atoms with Crippen molar-refractivity contribution in [1.29, 1.82) is 5.26 Å². The number of aliphatic hydroxyl groups excluding tert-OH is 3. The van der Waals surface area contributed by atoms with E-state index in [1.807, 2.05) is 20.8 Å². The highest BCUT2D eigenvalue weighted by molar-refractivity contribution is 5.72. The number of ether oxygens (including phenoxy) is 1. The number of esters is 1. The number of rotatable bonds is 2. The highest BCUT2D eigenvalue weighted by Gasteiger charge is 2.40. The summed E-state index contributed by atoms with van der Waals surface area (Å²) in [4.78, 5) is 24.5. The summed E-state index contributed by atoms with van der Waals surface area (Å²) in [6.45, 7) is 7.53. The molecule has 202 valence electrons. The zero-order valence-electron chi connectivity index (χ0n) is 21.9. The van der Waals surface area contributed by atoms with Gasteiger partial charge < -0.3 is 25.2 Å². The van der Waals surface area contributed by atoms with Gasteiger partial charge in [-0.2, -0.15) is 5.26 Å². The summed E-state index contributed by atoms with van der Waals surface area (Å²) in [7, 11) is 0. The molecule has 0 radical (unpaired) electrons. The number of carboxylic acids is 1. The van der Waals surface area contributed by atoms with Crippen LogP contribution in [0.25, 0.3) is 0 Å². The van der Waals surface area contributed by atoms with Gasteiger partial charge in [-0.3, -0.25) is 9.59 Å². The molecule has 8 heteroatoms. The van der Waals surface area contributed by atoms with Gasteiger partial charge in [-0.25, -0.2) is 0 Å². The standard InChI is InChI=1S/C28H43NO7/c1-16-12-17(2)26(32)19(4)23(30)14-25(31)36-24(21-9-7-10-22(21)28(34)35)11-6-5-8-20(15-29)27(33)18(3)13-16/h5-6,8,16-19,21-24,26-27,30,32-33H,7,9-14H2,1-4H3,(H,34,35)/t16-,17+,18+,19-,21-,22-,23+,24+,26+,27-/m1/s1. The van der Waals surface area contributed by atoms with Gasteiger partial charge in [0.05, 0.1) is 42.3 Å². The molecule has 0 aromatic heterocycles. The third-order valence-electron chi connectivity index (χ3n) is 8.07. The van der Waals surface area contributed by atoms with Crippen molar-refractivity contribution < 1.29 is 34.8 Å². The van der Waals surface area contributed by atoms with Crippen LogP contribution in [0.15, 0.2) is 23.8 Å². The lowest BCUT2D eigenvalue weighted by Crippen LogP contribution is -2.38. The highest BCUT2D eigenvalue weighted by Crippen LogP contribution is 2.37. The number of aliphatic carboxylic acids is 1. The second-order valence-corrected chi connectivity index (χ2v) is 11.1. The van der Waals surface area contributed by atoms with Gasteiger partial charge in [-0.05, 0) is 49.5 Å². The molecule has 8 nitrogen and oxygen atoms in total. The Labute approximate surface area is 214 Å². The van der Waals surface area contributed by atoms with Crippen molar-refractivity contribution in [2.45, 2.75) is 97.1 Å². The summed E-state index contributed by atoms with van der Waals surface area (Å²) >= 11 is 0. The number of nitrogens with zero attached hydrogens (tertiary/aromatic N) is 1. The van der Waals surface area contributed by atoms with E-state index in [0.717, 1.165) is 6.42 Å². The summed E-state index contributed by atoms with van der Waals surface area (Å²) < 4.78 is 5.72.